The summed E-state index contributed by atoms with van der Waals surface area (Å²) in [5.74, 6) is 0.481. The summed E-state index contributed by atoms with van der Waals surface area (Å²) < 4.78 is 5.70. The number of aliphatic imine (C=N–C) groups is 1. The Bertz CT molecular complexity index is 640. The normalized spacial score (nSPS) is 15.5. The summed E-state index contributed by atoms with van der Waals surface area (Å²) in [6.45, 7) is 13.5. The van der Waals surface area contributed by atoms with Crippen LogP contribution in [0.2, 0.25) is 0 Å². The third kappa shape index (κ3) is 4.80. The molecule has 1 aliphatic rings. The quantitative estimate of drug-likeness (QED) is 0.747. The molecule has 0 aliphatic carbocycles. The van der Waals surface area contributed by atoms with E-state index in [9.17, 15) is 4.79 Å². The van der Waals surface area contributed by atoms with Gasteiger partial charge in [-0.3, -0.25) is 9.69 Å². The van der Waals surface area contributed by atoms with E-state index in [-0.39, 0.29) is 18.0 Å². The largest absolute Gasteiger partial charge is 0.475 e. The van der Waals surface area contributed by atoms with Crippen molar-refractivity contribution in [1.82, 2.24) is 4.90 Å². The number of carbonyl (C=O) groups excluding carboxylic acids is 1. The SMILES string of the molecule is C=CCN(CC=C)CC(=O)Nc1ccccc1C1=NC(C)(C)CO1. The first kappa shape index (κ1) is 17.9. The number of hydrogen-bond acceptors (Lipinski definition) is 4. The van der Waals surface area contributed by atoms with Gasteiger partial charge < -0.3 is 10.1 Å². The van der Waals surface area contributed by atoms with Crippen molar-refractivity contribution in [3.05, 3.63) is 55.1 Å². The van der Waals surface area contributed by atoms with Crippen LogP contribution in [-0.4, -0.2) is 48.5 Å². The molecule has 0 aromatic heterocycles. The van der Waals surface area contributed by atoms with Gasteiger partial charge in [-0.1, -0.05) is 24.3 Å². The van der Waals surface area contributed by atoms with Crippen molar-refractivity contribution < 1.29 is 9.53 Å². The highest BCUT2D eigenvalue weighted by Crippen LogP contribution is 2.24. The zero-order valence-electron chi connectivity index (χ0n) is 14.4. The minimum atomic E-state index is -0.239. The molecule has 0 atom stereocenters. The fourth-order valence-corrected chi connectivity index (χ4v) is 2.46. The van der Waals surface area contributed by atoms with E-state index < -0.39 is 0 Å². The molecule has 128 valence electrons. The summed E-state index contributed by atoms with van der Waals surface area (Å²) in [7, 11) is 0. The first-order valence-corrected chi connectivity index (χ1v) is 8.01. The number of anilines is 1. The first-order valence-electron chi connectivity index (χ1n) is 8.01. The van der Waals surface area contributed by atoms with Gasteiger partial charge in [0.2, 0.25) is 11.8 Å². The summed E-state index contributed by atoms with van der Waals surface area (Å²) >= 11 is 0. The van der Waals surface area contributed by atoms with Crippen LogP contribution in [0.15, 0.2) is 54.6 Å². The van der Waals surface area contributed by atoms with Crippen molar-refractivity contribution in [3.63, 3.8) is 0 Å². The van der Waals surface area contributed by atoms with Crippen LogP contribution in [0.5, 0.6) is 0 Å². The van der Waals surface area contributed by atoms with Gasteiger partial charge >= 0.3 is 0 Å². The molecule has 0 bridgehead atoms. The number of amides is 1. The molecule has 5 heteroatoms. The maximum absolute atomic E-state index is 12.4. The predicted molar refractivity (Wildman–Crippen MR) is 98.5 cm³/mol. The van der Waals surface area contributed by atoms with Gasteiger partial charge in [-0.25, -0.2) is 4.99 Å². The van der Waals surface area contributed by atoms with Crippen LogP contribution in [0.3, 0.4) is 0 Å². The zero-order valence-corrected chi connectivity index (χ0v) is 14.4. The Morgan fingerprint density at radius 2 is 2.00 bits per heavy atom. The molecule has 0 unspecified atom stereocenters. The maximum atomic E-state index is 12.4. The topological polar surface area (TPSA) is 53.9 Å². The van der Waals surface area contributed by atoms with Crippen molar-refractivity contribution in [3.8, 4) is 0 Å². The summed E-state index contributed by atoms with van der Waals surface area (Å²) in [4.78, 5) is 18.9. The van der Waals surface area contributed by atoms with E-state index in [1.54, 1.807) is 12.2 Å². The molecule has 5 nitrogen and oxygen atoms in total. The highest BCUT2D eigenvalue weighted by atomic mass is 16.5. The number of nitrogens with one attached hydrogen (secondary N) is 1. The number of nitrogens with zero attached hydrogens (tertiary/aromatic N) is 2. The Balaban J connectivity index is 2.11. The summed E-state index contributed by atoms with van der Waals surface area (Å²) in [5.41, 5.74) is 1.27. The van der Waals surface area contributed by atoms with Crippen LogP contribution in [0.4, 0.5) is 5.69 Å². The van der Waals surface area contributed by atoms with Gasteiger partial charge in [-0.15, -0.1) is 13.2 Å². The van der Waals surface area contributed by atoms with Gasteiger partial charge in [0.15, 0.2) is 0 Å². The second-order valence-corrected chi connectivity index (χ2v) is 6.38. The van der Waals surface area contributed by atoms with E-state index in [0.29, 0.717) is 31.3 Å². The van der Waals surface area contributed by atoms with E-state index in [1.165, 1.54) is 0 Å². The number of benzene rings is 1. The molecule has 2 rings (SSSR count). The van der Waals surface area contributed by atoms with Crippen LogP contribution < -0.4 is 5.32 Å². The van der Waals surface area contributed by atoms with Crippen LogP contribution in [0, 0.1) is 0 Å². The number of rotatable bonds is 8. The monoisotopic (exact) mass is 327 g/mol. The molecule has 1 amide bonds. The minimum Gasteiger partial charge on any atom is -0.475 e. The molecule has 1 heterocycles. The van der Waals surface area contributed by atoms with Crippen LogP contribution in [0.1, 0.15) is 19.4 Å². The lowest BCUT2D eigenvalue weighted by Crippen LogP contribution is -2.33. The average Bonchev–Trinajstić information content (AvgIpc) is 2.88. The molecule has 24 heavy (non-hydrogen) atoms. The lowest BCUT2D eigenvalue weighted by atomic mass is 10.1. The average molecular weight is 327 g/mol. The molecule has 0 radical (unpaired) electrons. The third-order valence-corrected chi connectivity index (χ3v) is 3.54. The van der Waals surface area contributed by atoms with Gasteiger partial charge in [0.05, 0.1) is 23.3 Å². The summed E-state index contributed by atoms with van der Waals surface area (Å²) in [5, 5.41) is 2.95. The molecule has 1 N–H and O–H groups in total. The third-order valence-electron chi connectivity index (χ3n) is 3.54. The molecule has 0 spiro atoms. The molecule has 0 fully saturated rings. The van der Waals surface area contributed by atoms with Gasteiger partial charge in [-0.2, -0.15) is 0 Å². The van der Waals surface area contributed by atoms with Crippen molar-refractivity contribution >= 4 is 17.5 Å². The highest BCUT2D eigenvalue weighted by Gasteiger charge is 2.28. The summed E-state index contributed by atoms with van der Waals surface area (Å²) in [6, 6.07) is 7.55. The van der Waals surface area contributed by atoms with E-state index in [4.69, 9.17) is 4.74 Å². The Labute approximate surface area is 143 Å². The first-order chi connectivity index (χ1) is 11.4. The van der Waals surface area contributed by atoms with E-state index >= 15 is 0 Å². The zero-order chi connectivity index (χ0) is 17.6. The van der Waals surface area contributed by atoms with Crippen molar-refractivity contribution in [2.75, 3.05) is 31.6 Å². The highest BCUT2D eigenvalue weighted by molar-refractivity contribution is 6.04. The van der Waals surface area contributed by atoms with Crippen LogP contribution >= 0.6 is 0 Å². The van der Waals surface area contributed by atoms with Crippen LogP contribution in [0.25, 0.3) is 0 Å². The second kappa shape index (κ2) is 7.93. The number of carbonyl (C=O) groups is 1. The molecular weight excluding hydrogens is 302 g/mol. The van der Waals surface area contributed by atoms with E-state index in [0.717, 1.165) is 5.56 Å². The number of para-hydroxylation sites is 1. The molecule has 1 aromatic rings. The molecule has 1 aromatic carbocycles. The maximum Gasteiger partial charge on any atom is 0.238 e. The van der Waals surface area contributed by atoms with Gasteiger partial charge in [0.25, 0.3) is 0 Å². The Morgan fingerprint density at radius 3 is 2.58 bits per heavy atom. The fraction of sp³-hybridized carbons (Fsp3) is 0.368. The second-order valence-electron chi connectivity index (χ2n) is 6.38. The lowest BCUT2D eigenvalue weighted by molar-refractivity contribution is -0.117. The minimum absolute atomic E-state index is 0.0935. The van der Waals surface area contributed by atoms with Gasteiger partial charge in [-0.05, 0) is 26.0 Å². The molecule has 1 aliphatic heterocycles. The van der Waals surface area contributed by atoms with Crippen LogP contribution in [-0.2, 0) is 9.53 Å². The lowest BCUT2D eigenvalue weighted by Gasteiger charge is -2.18. The Morgan fingerprint density at radius 1 is 1.33 bits per heavy atom. The molecule has 0 saturated carbocycles. The van der Waals surface area contributed by atoms with Crippen molar-refractivity contribution in [1.29, 1.82) is 0 Å². The number of ether oxygens (including phenoxy) is 1. The van der Waals surface area contributed by atoms with Crippen molar-refractivity contribution in [2.45, 2.75) is 19.4 Å². The van der Waals surface area contributed by atoms with Gasteiger partial charge in [0.1, 0.15) is 6.61 Å². The predicted octanol–water partition coefficient (Wildman–Crippen LogP) is 2.85. The summed E-state index contributed by atoms with van der Waals surface area (Å²) in [6.07, 6.45) is 3.54. The van der Waals surface area contributed by atoms with E-state index in [1.807, 2.05) is 43.0 Å². The standard InChI is InChI=1S/C19H25N3O2/c1-5-11-22(12-6-2)13-17(23)20-16-10-8-7-9-15(16)18-21-19(3,4)14-24-18/h5-10H,1-2,11-14H2,3-4H3,(H,20,23). The fourth-order valence-electron chi connectivity index (χ4n) is 2.46. The molecular formula is C19H25N3O2. The number of hydrogen-bond donors (Lipinski definition) is 1. The molecule has 0 saturated heterocycles. The van der Waals surface area contributed by atoms with Crippen molar-refractivity contribution in [2.24, 2.45) is 4.99 Å². The van der Waals surface area contributed by atoms with E-state index in [2.05, 4.69) is 23.5 Å². The Hall–Kier alpha value is -2.40. The smallest absolute Gasteiger partial charge is 0.238 e. The van der Waals surface area contributed by atoms with Gasteiger partial charge in [0, 0.05) is 13.1 Å². The Kier molecular flexibility index (Phi) is 5.93.